The van der Waals surface area contributed by atoms with Crippen LogP contribution in [0.2, 0.25) is 0 Å². The molecule has 1 heteroatoms. The van der Waals surface area contributed by atoms with Crippen LogP contribution in [0.5, 0.6) is 0 Å². The van der Waals surface area contributed by atoms with Gasteiger partial charge in [0.05, 0.1) is 0 Å². The molecule has 0 atom stereocenters. The molecular formula is C19H32Na+. The first-order valence-corrected chi connectivity index (χ1v) is 8.47. The Kier molecular flexibility index (Phi) is 15.8. The van der Waals surface area contributed by atoms with Crippen molar-refractivity contribution in [2.45, 2.75) is 84.0 Å². The van der Waals surface area contributed by atoms with E-state index in [1.807, 2.05) is 0 Å². The van der Waals surface area contributed by atoms with Gasteiger partial charge in [-0.2, -0.15) is 0 Å². The maximum atomic E-state index is 2.29. The molecule has 0 aliphatic carbocycles. The third-order valence-electron chi connectivity index (χ3n) is 3.91. The molecule has 0 amide bonds. The average molecular weight is 283 g/mol. The minimum Gasteiger partial charge on any atom is -0.0654 e. The van der Waals surface area contributed by atoms with Gasteiger partial charge in [-0.3, -0.25) is 0 Å². The fraction of sp³-hybridized carbons (Fsp3) is 0.684. The molecule has 0 aliphatic heterocycles. The SMILES string of the molecule is CCCCCCCCCCCCCc1ccccc1.[Na+]. The second-order valence-electron chi connectivity index (χ2n) is 5.77. The van der Waals surface area contributed by atoms with Crippen LogP contribution >= 0.6 is 0 Å². The van der Waals surface area contributed by atoms with Crippen LogP contribution in [-0.4, -0.2) is 0 Å². The van der Waals surface area contributed by atoms with E-state index in [4.69, 9.17) is 0 Å². The fourth-order valence-electron chi connectivity index (χ4n) is 2.64. The largest absolute Gasteiger partial charge is 1.00 e. The summed E-state index contributed by atoms with van der Waals surface area (Å²) in [5, 5.41) is 0. The van der Waals surface area contributed by atoms with Crippen molar-refractivity contribution in [3.05, 3.63) is 35.9 Å². The first-order valence-electron chi connectivity index (χ1n) is 8.47. The van der Waals surface area contributed by atoms with Gasteiger partial charge in [0, 0.05) is 0 Å². The Hall–Kier alpha value is 0.220. The Morgan fingerprint density at radius 3 is 1.55 bits per heavy atom. The minimum absolute atomic E-state index is 0. The number of aryl methyl sites for hydroxylation is 1. The first kappa shape index (κ1) is 20.2. The van der Waals surface area contributed by atoms with Crippen LogP contribution in [0.25, 0.3) is 0 Å². The zero-order chi connectivity index (χ0) is 13.6. The molecule has 0 nitrogen and oxygen atoms in total. The van der Waals surface area contributed by atoms with Crippen molar-refractivity contribution < 1.29 is 29.6 Å². The van der Waals surface area contributed by atoms with Crippen molar-refractivity contribution in [3.8, 4) is 0 Å². The monoisotopic (exact) mass is 283 g/mol. The molecule has 20 heavy (non-hydrogen) atoms. The van der Waals surface area contributed by atoms with E-state index in [1.54, 1.807) is 0 Å². The van der Waals surface area contributed by atoms with Crippen LogP contribution in [0.3, 0.4) is 0 Å². The van der Waals surface area contributed by atoms with Gasteiger partial charge in [0.25, 0.3) is 0 Å². The molecule has 1 aromatic rings. The number of hydrogen-bond acceptors (Lipinski definition) is 0. The van der Waals surface area contributed by atoms with Gasteiger partial charge in [-0.1, -0.05) is 101 Å². The van der Waals surface area contributed by atoms with Crippen molar-refractivity contribution in [2.24, 2.45) is 0 Å². The van der Waals surface area contributed by atoms with E-state index < -0.39 is 0 Å². The van der Waals surface area contributed by atoms with Crippen LogP contribution < -0.4 is 29.6 Å². The van der Waals surface area contributed by atoms with Gasteiger partial charge in [0.1, 0.15) is 0 Å². The molecule has 1 rings (SSSR count). The molecular weight excluding hydrogens is 251 g/mol. The molecule has 0 saturated heterocycles. The van der Waals surface area contributed by atoms with Crippen LogP contribution in [0.1, 0.15) is 83.1 Å². The zero-order valence-electron chi connectivity index (χ0n) is 13.9. The Morgan fingerprint density at radius 2 is 1.05 bits per heavy atom. The maximum Gasteiger partial charge on any atom is 1.00 e. The third-order valence-corrected chi connectivity index (χ3v) is 3.91. The summed E-state index contributed by atoms with van der Waals surface area (Å²) in [6.45, 7) is 2.29. The summed E-state index contributed by atoms with van der Waals surface area (Å²) in [6.07, 6.45) is 17.0. The number of rotatable bonds is 12. The van der Waals surface area contributed by atoms with Gasteiger partial charge in [-0.15, -0.1) is 0 Å². The molecule has 0 fully saturated rings. The van der Waals surface area contributed by atoms with Gasteiger partial charge < -0.3 is 0 Å². The van der Waals surface area contributed by atoms with E-state index in [0.717, 1.165) is 0 Å². The molecule has 0 aliphatic rings. The Bertz CT molecular complexity index is 281. The molecule has 0 aromatic heterocycles. The van der Waals surface area contributed by atoms with Gasteiger partial charge in [0.15, 0.2) is 0 Å². The van der Waals surface area contributed by atoms with Crippen LogP contribution in [0.4, 0.5) is 0 Å². The van der Waals surface area contributed by atoms with Crippen LogP contribution in [-0.2, 0) is 6.42 Å². The standard InChI is InChI=1S/C19H32.Na/c1-2-3-4-5-6-7-8-9-10-11-13-16-19-17-14-12-15-18-19;/h12,14-15,17-18H,2-11,13,16H2,1H3;/q;+1. The number of benzene rings is 1. The van der Waals surface area contributed by atoms with E-state index in [0.29, 0.717) is 0 Å². The predicted molar refractivity (Wildman–Crippen MR) is 86.6 cm³/mol. The second kappa shape index (κ2) is 15.6. The summed E-state index contributed by atoms with van der Waals surface area (Å²) < 4.78 is 0. The quantitative estimate of drug-likeness (QED) is 0.406. The molecule has 0 heterocycles. The fourth-order valence-corrected chi connectivity index (χ4v) is 2.64. The van der Waals surface area contributed by atoms with E-state index in [2.05, 4.69) is 37.3 Å². The molecule has 0 bridgehead atoms. The predicted octanol–water partition coefficient (Wildman–Crippen LogP) is 3.54. The third kappa shape index (κ3) is 12.0. The smallest absolute Gasteiger partial charge is 0.0654 e. The van der Waals surface area contributed by atoms with E-state index in [1.165, 1.54) is 82.6 Å². The molecule has 0 unspecified atom stereocenters. The van der Waals surface area contributed by atoms with Crippen LogP contribution in [0, 0.1) is 0 Å². The summed E-state index contributed by atoms with van der Waals surface area (Å²) in [7, 11) is 0. The molecule has 108 valence electrons. The van der Waals surface area contributed by atoms with Crippen molar-refractivity contribution in [2.75, 3.05) is 0 Å². The topological polar surface area (TPSA) is 0 Å². The molecule has 1 aromatic carbocycles. The molecule has 0 saturated carbocycles. The number of unbranched alkanes of at least 4 members (excludes halogenated alkanes) is 10. The van der Waals surface area contributed by atoms with Gasteiger partial charge in [-0.05, 0) is 18.4 Å². The summed E-state index contributed by atoms with van der Waals surface area (Å²) in [5.41, 5.74) is 1.50. The summed E-state index contributed by atoms with van der Waals surface area (Å²) in [4.78, 5) is 0. The van der Waals surface area contributed by atoms with Crippen molar-refractivity contribution in [3.63, 3.8) is 0 Å². The Morgan fingerprint density at radius 1 is 0.600 bits per heavy atom. The van der Waals surface area contributed by atoms with Crippen molar-refractivity contribution >= 4 is 0 Å². The Balaban J connectivity index is 0.00000361. The first-order chi connectivity index (χ1) is 9.43. The molecule has 0 radical (unpaired) electrons. The molecule has 0 spiro atoms. The Labute approximate surface area is 149 Å². The maximum absolute atomic E-state index is 2.29. The van der Waals surface area contributed by atoms with Gasteiger partial charge in [0.2, 0.25) is 0 Å². The normalized spacial score (nSPS) is 10.2. The van der Waals surface area contributed by atoms with Gasteiger partial charge >= 0.3 is 29.6 Å². The van der Waals surface area contributed by atoms with E-state index >= 15 is 0 Å². The number of hydrogen-bond donors (Lipinski definition) is 0. The minimum atomic E-state index is 0. The van der Waals surface area contributed by atoms with Crippen LogP contribution in [0.15, 0.2) is 30.3 Å². The molecule has 0 N–H and O–H groups in total. The zero-order valence-corrected chi connectivity index (χ0v) is 15.9. The van der Waals surface area contributed by atoms with Crippen molar-refractivity contribution in [1.82, 2.24) is 0 Å². The second-order valence-corrected chi connectivity index (χ2v) is 5.77. The van der Waals surface area contributed by atoms with E-state index in [9.17, 15) is 0 Å². The summed E-state index contributed by atoms with van der Waals surface area (Å²) in [5.74, 6) is 0. The van der Waals surface area contributed by atoms with Gasteiger partial charge in [-0.25, -0.2) is 0 Å². The summed E-state index contributed by atoms with van der Waals surface area (Å²) in [6, 6.07) is 10.9. The average Bonchev–Trinajstić information content (AvgIpc) is 2.46. The van der Waals surface area contributed by atoms with Crippen molar-refractivity contribution in [1.29, 1.82) is 0 Å². The van der Waals surface area contributed by atoms with E-state index in [-0.39, 0.29) is 29.6 Å². The summed E-state index contributed by atoms with van der Waals surface area (Å²) >= 11 is 0.